The number of nitrogens with zero attached hydrogens (tertiary/aromatic N) is 1. The van der Waals surface area contributed by atoms with Crippen LogP contribution in [0.4, 0.5) is 4.79 Å². The van der Waals surface area contributed by atoms with Gasteiger partial charge in [0.2, 0.25) is 23.6 Å². The van der Waals surface area contributed by atoms with Crippen LogP contribution in [0.25, 0.3) is 0 Å². The minimum absolute atomic E-state index is 0.178. The maximum Gasteiger partial charge on any atom is 0.322 e. The van der Waals surface area contributed by atoms with Crippen molar-refractivity contribution in [2.75, 3.05) is 6.61 Å². The largest absolute Gasteiger partial charge is 0.394 e. The summed E-state index contributed by atoms with van der Waals surface area (Å²) < 4.78 is 0. The van der Waals surface area contributed by atoms with Crippen LogP contribution in [0.2, 0.25) is 0 Å². The number of primary amides is 2. The number of carbonyl (C=O) groups is 6. The second-order valence-corrected chi connectivity index (χ2v) is 8.07. The van der Waals surface area contributed by atoms with E-state index in [1.807, 2.05) is 12.2 Å². The first-order chi connectivity index (χ1) is 16.9. The average Bonchev–Trinajstić information content (AvgIpc) is 3.32. The molecule has 36 heavy (non-hydrogen) atoms. The first-order valence-corrected chi connectivity index (χ1v) is 11.0. The normalized spacial score (nSPS) is 14.9. The number of aliphatic hydroxyl groups is 1. The van der Waals surface area contributed by atoms with E-state index in [9.17, 15) is 33.9 Å². The molecular weight excluding hydrogens is 478 g/mol. The number of imide groups is 1. The van der Waals surface area contributed by atoms with E-state index >= 15 is 0 Å². The third-order valence-corrected chi connectivity index (χ3v) is 5.27. The number of amides is 7. The number of carbonyl (C=O) groups excluding carboxylic acids is 6. The Labute approximate surface area is 206 Å². The Morgan fingerprint density at radius 2 is 1.64 bits per heavy atom. The van der Waals surface area contributed by atoms with Gasteiger partial charge < -0.3 is 43.2 Å². The minimum atomic E-state index is -1.49. The van der Waals surface area contributed by atoms with Crippen LogP contribution in [0.1, 0.15) is 32.4 Å². The highest BCUT2D eigenvalue weighted by molar-refractivity contribution is 6.01. The lowest BCUT2D eigenvalue weighted by Gasteiger charge is -2.23. The number of imidazole rings is 1. The second-order valence-electron chi connectivity index (χ2n) is 8.07. The Balaban J connectivity index is 2.89. The number of aromatic amines is 1. The summed E-state index contributed by atoms with van der Waals surface area (Å²) >= 11 is 0. The molecule has 12 N–H and O–H groups in total. The van der Waals surface area contributed by atoms with E-state index in [0.717, 1.165) is 0 Å². The van der Waals surface area contributed by atoms with Crippen molar-refractivity contribution in [3.05, 3.63) is 18.2 Å². The molecule has 1 rings (SSSR count). The van der Waals surface area contributed by atoms with Gasteiger partial charge in [-0.25, -0.2) is 9.78 Å². The summed E-state index contributed by atoms with van der Waals surface area (Å²) in [5.74, 6) is -4.81. The quantitative estimate of drug-likeness (QED) is 0.117. The van der Waals surface area contributed by atoms with Crippen LogP contribution in [0.15, 0.2) is 12.5 Å². The molecule has 0 unspecified atom stereocenters. The molecule has 0 radical (unpaired) electrons. The first kappa shape index (κ1) is 30.0. The van der Waals surface area contributed by atoms with E-state index in [4.69, 9.17) is 17.2 Å². The van der Waals surface area contributed by atoms with Crippen molar-refractivity contribution in [2.45, 2.75) is 57.3 Å². The molecule has 0 aromatic carbocycles. The van der Waals surface area contributed by atoms with Crippen molar-refractivity contribution < 1.29 is 33.9 Å². The predicted molar refractivity (Wildman–Crippen MR) is 124 cm³/mol. The van der Waals surface area contributed by atoms with Gasteiger partial charge in [-0.15, -0.1) is 0 Å². The van der Waals surface area contributed by atoms with Crippen LogP contribution in [0, 0.1) is 5.92 Å². The molecule has 0 aliphatic carbocycles. The summed E-state index contributed by atoms with van der Waals surface area (Å²) in [5, 5.41) is 18.1. The predicted octanol–water partition coefficient (Wildman–Crippen LogP) is -4.16. The number of aromatic nitrogens is 2. The lowest BCUT2D eigenvalue weighted by Crippen LogP contribution is -2.59. The van der Waals surface area contributed by atoms with Crippen LogP contribution < -0.4 is 38.5 Å². The molecule has 0 spiro atoms. The maximum absolute atomic E-state index is 12.7. The van der Waals surface area contributed by atoms with Crippen molar-refractivity contribution in [1.29, 1.82) is 0 Å². The third-order valence-electron chi connectivity index (χ3n) is 5.27. The number of nitrogens with two attached hydrogens (primary N) is 3. The van der Waals surface area contributed by atoms with Crippen molar-refractivity contribution in [1.82, 2.24) is 31.2 Å². The Hall–Kier alpha value is -4.05. The lowest BCUT2D eigenvalue weighted by molar-refractivity contribution is -0.130. The van der Waals surface area contributed by atoms with E-state index in [1.54, 1.807) is 6.92 Å². The number of urea groups is 1. The highest BCUT2D eigenvalue weighted by atomic mass is 16.3. The van der Waals surface area contributed by atoms with E-state index in [0.29, 0.717) is 12.1 Å². The van der Waals surface area contributed by atoms with Crippen molar-refractivity contribution in [3.63, 3.8) is 0 Å². The number of H-pyrrole nitrogens is 1. The van der Waals surface area contributed by atoms with Gasteiger partial charge in [-0.2, -0.15) is 0 Å². The molecule has 0 aliphatic rings. The van der Waals surface area contributed by atoms with Crippen molar-refractivity contribution in [2.24, 2.45) is 23.1 Å². The molecule has 0 fully saturated rings. The maximum atomic E-state index is 12.7. The summed E-state index contributed by atoms with van der Waals surface area (Å²) in [5.41, 5.74) is 16.4. The number of hydrogen-bond acceptors (Lipinski definition) is 9. The van der Waals surface area contributed by atoms with Gasteiger partial charge in [0.25, 0.3) is 5.91 Å². The van der Waals surface area contributed by atoms with Gasteiger partial charge in [-0.1, -0.05) is 20.3 Å². The highest BCUT2D eigenvalue weighted by Gasteiger charge is 2.30. The second kappa shape index (κ2) is 14.4. The number of hydrogen-bond donors (Lipinski definition) is 9. The molecule has 1 aromatic rings. The van der Waals surface area contributed by atoms with Crippen LogP contribution in [0.5, 0.6) is 0 Å². The van der Waals surface area contributed by atoms with Crippen LogP contribution in [-0.4, -0.2) is 81.4 Å². The molecule has 7 amide bonds. The average molecular weight is 512 g/mol. The zero-order valence-electron chi connectivity index (χ0n) is 19.9. The van der Waals surface area contributed by atoms with E-state index in [1.165, 1.54) is 12.5 Å². The monoisotopic (exact) mass is 511 g/mol. The summed E-state index contributed by atoms with van der Waals surface area (Å²) in [6, 6.07) is -6.40. The number of rotatable bonds is 14. The molecule has 16 heteroatoms. The Morgan fingerprint density at radius 3 is 2.14 bits per heavy atom. The fourth-order valence-corrected chi connectivity index (χ4v) is 2.88. The molecule has 1 aromatic heterocycles. The Kier molecular flexibility index (Phi) is 12.0. The van der Waals surface area contributed by atoms with E-state index in [2.05, 4.69) is 25.9 Å². The molecule has 16 nitrogen and oxygen atoms in total. The van der Waals surface area contributed by atoms with Crippen molar-refractivity contribution in [3.8, 4) is 0 Å². The van der Waals surface area contributed by atoms with Crippen LogP contribution >= 0.6 is 0 Å². The van der Waals surface area contributed by atoms with Gasteiger partial charge in [0.05, 0.1) is 31.1 Å². The van der Waals surface area contributed by atoms with Gasteiger partial charge in [-0.05, 0) is 5.92 Å². The molecule has 5 atom stereocenters. The van der Waals surface area contributed by atoms with Gasteiger partial charge in [0.1, 0.15) is 18.1 Å². The SMILES string of the molecule is CC[C@H](C)[C@H](N)C(=O)N[C@@H](CO)C(=O)NC(=O)N[C@@H](Cc1c[nH]cn1)C(=O)N[C@@H](CC(N)=O)C(N)=O. The van der Waals surface area contributed by atoms with Gasteiger partial charge >= 0.3 is 6.03 Å². The Morgan fingerprint density at radius 1 is 1.00 bits per heavy atom. The summed E-state index contributed by atoms with van der Waals surface area (Å²) in [4.78, 5) is 79.2. The zero-order valence-corrected chi connectivity index (χ0v) is 19.9. The minimum Gasteiger partial charge on any atom is -0.394 e. The molecule has 0 saturated carbocycles. The molecule has 0 aliphatic heterocycles. The highest BCUT2D eigenvalue weighted by Crippen LogP contribution is 2.05. The zero-order chi connectivity index (χ0) is 27.4. The van der Waals surface area contributed by atoms with Crippen LogP contribution in [-0.2, 0) is 30.4 Å². The number of aliphatic hydroxyl groups excluding tert-OH is 1. The molecule has 1 heterocycles. The lowest BCUT2D eigenvalue weighted by atomic mass is 9.99. The van der Waals surface area contributed by atoms with Crippen molar-refractivity contribution >= 4 is 35.6 Å². The first-order valence-electron chi connectivity index (χ1n) is 11.0. The smallest absolute Gasteiger partial charge is 0.322 e. The topological polar surface area (TPSA) is 278 Å². The van der Waals surface area contributed by atoms with E-state index in [-0.39, 0.29) is 12.3 Å². The molecule has 200 valence electrons. The summed E-state index contributed by atoms with van der Waals surface area (Å²) in [7, 11) is 0. The van der Waals surface area contributed by atoms with Gasteiger partial charge in [0.15, 0.2) is 0 Å². The fourth-order valence-electron chi connectivity index (χ4n) is 2.88. The Bertz CT molecular complexity index is 938. The number of nitrogens with one attached hydrogen (secondary N) is 5. The third kappa shape index (κ3) is 9.67. The molecule has 0 bridgehead atoms. The van der Waals surface area contributed by atoms with Gasteiger partial charge in [0, 0.05) is 12.6 Å². The van der Waals surface area contributed by atoms with E-state index < -0.39 is 72.8 Å². The summed E-state index contributed by atoms with van der Waals surface area (Å²) in [6.07, 6.45) is 2.62. The molecular formula is C20H33N9O7. The van der Waals surface area contributed by atoms with Gasteiger partial charge in [-0.3, -0.25) is 29.3 Å². The summed E-state index contributed by atoms with van der Waals surface area (Å²) in [6.45, 7) is 2.73. The standard InChI is InChI=1S/C20H33N9O7/c1-3-9(2)15(22)19(35)27-13(7-30)18(34)29-20(36)28-12(4-10-6-24-8-25-10)17(33)26-11(16(23)32)5-14(21)31/h6,8-9,11-13,15,30H,3-5,7,22H2,1-2H3,(H2,21,31)(H2,23,32)(H,24,25)(H,26,33)(H,27,35)(H2,28,29,34,36)/t9-,11-,12-,13-,15-/m0/s1. The van der Waals surface area contributed by atoms with Crippen LogP contribution in [0.3, 0.4) is 0 Å². The fraction of sp³-hybridized carbons (Fsp3) is 0.550. The molecule has 0 saturated heterocycles.